The van der Waals surface area contributed by atoms with Gasteiger partial charge >= 0.3 is 0 Å². The maximum atomic E-state index is 12.6. The first-order valence-electron chi connectivity index (χ1n) is 9.22. The van der Waals surface area contributed by atoms with Crippen LogP contribution in [0.4, 0.5) is 11.5 Å². The Morgan fingerprint density at radius 1 is 1.19 bits per heavy atom. The van der Waals surface area contributed by atoms with Crippen LogP contribution in [0.5, 0.6) is 11.5 Å². The van der Waals surface area contributed by atoms with E-state index in [9.17, 15) is 8.42 Å². The molecule has 27 heavy (non-hydrogen) atoms. The van der Waals surface area contributed by atoms with Crippen LogP contribution < -0.4 is 19.1 Å². The zero-order valence-corrected chi connectivity index (χ0v) is 16.0. The molecule has 1 fully saturated rings. The Morgan fingerprint density at radius 3 is 2.81 bits per heavy atom. The van der Waals surface area contributed by atoms with E-state index in [1.54, 1.807) is 18.3 Å². The van der Waals surface area contributed by atoms with Gasteiger partial charge in [0, 0.05) is 18.7 Å². The van der Waals surface area contributed by atoms with E-state index in [-0.39, 0.29) is 11.7 Å². The van der Waals surface area contributed by atoms with Crippen molar-refractivity contribution in [3.63, 3.8) is 0 Å². The van der Waals surface area contributed by atoms with Crippen molar-refractivity contribution in [2.24, 2.45) is 0 Å². The predicted octanol–water partition coefficient (Wildman–Crippen LogP) is 3.38. The number of hydrogen-bond donors (Lipinski definition) is 1. The van der Waals surface area contributed by atoms with E-state index in [0.29, 0.717) is 23.2 Å². The molecule has 144 valence electrons. The van der Waals surface area contributed by atoms with Crippen LogP contribution in [0.15, 0.2) is 41.4 Å². The number of benzene rings is 1. The van der Waals surface area contributed by atoms with Crippen LogP contribution in [0.2, 0.25) is 0 Å². The van der Waals surface area contributed by atoms with Crippen molar-refractivity contribution in [3.05, 3.63) is 36.5 Å². The lowest BCUT2D eigenvalue weighted by Crippen LogP contribution is -2.39. The first-order valence-corrected chi connectivity index (χ1v) is 10.7. The lowest BCUT2D eigenvalue weighted by Gasteiger charge is -2.36. The number of aromatic nitrogens is 1. The average Bonchev–Trinajstić information content (AvgIpc) is 3.16. The Bertz CT molecular complexity index is 915. The summed E-state index contributed by atoms with van der Waals surface area (Å²) in [6, 6.07) is 8.70. The Balaban J connectivity index is 1.51. The van der Waals surface area contributed by atoms with Gasteiger partial charge in [0.25, 0.3) is 10.0 Å². The molecule has 1 atom stereocenters. The lowest BCUT2D eigenvalue weighted by atomic mass is 10.00. The number of rotatable bonds is 5. The highest BCUT2D eigenvalue weighted by Gasteiger charge is 2.23. The molecule has 0 radical (unpaired) electrons. The van der Waals surface area contributed by atoms with Crippen LogP contribution in [0, 0.1) is 0 Å². The summed E-state index contributed by atoms with van der Waals surface area (Å²) in [5, 5.41) is 0. The van der Waals surface area contributed by atoms with Gasteiger partial charge in [0.1, 0.15) is 5.82 Å². The second kappa shape index (κ2) is 7.26. The quantitative estimate of drug-likeness (QED) is 0.844. The number of fused-ring (bicyclic) bond motifs is 1. The summed E-state index contributed by atoms with van der Waals surface area (Å²) in [5.41, 5.74) is 0.432. The molecule has 8 heteroatoms. The molecule has 0 spiro atoms. The summed E-state index contributed by atoms with van der Waals surface area (Å²) in [7, 11) is -3.73. The standard InChI is InChI=1S/C19H23N3O4S/c1-2-15-5-3-4-10-22(15)19-9-6-14(12-20-19)21-27(23,24)16-7-8-17-18(11-16)26-13-25-17/h6-9,11-12,15,21H,2-5,10,13H2,1H3. The lowest BCUT2D eigenvalue weighted by molar-refractivity contribution is 0.174. The molecule has 0 saturated carbocycles. The Morgan fingerprint density at radius 2 is 2.04 bits per heavy atom. The van der Waals surface area contributed by atoms with Crippen LogP contribution in [0.25, 0.3) is 0 Å². The number of sulfonamides is 1. The van der Waals surface area contributed by atoms with E-state index in [4.69, 9.17) is 9.47 Å². The minimum absolute atomic E-state index is 0.104. The zero-order chi connectivity index (χ0) is 18.9. The topological polar surface area (TPSA) is 80.8 Å². The third kappa shape index (κ3) is 3.66. The van der Waals surface area contributed by atoms with Crippen molar-refractivity contribution in [2.45, 2.75) is 43.5 Å². The van der Waals surface area contributed by atoms with Gasteiger partial charge in [-0.15, -0.1) is 0 Å². The molecule has 2 aliphatic rings. The molecular weight excluding hydrogens is 366 g/mol. The normalized spacial score (nSPS) is 19.1. The van der Waals surface area contributed by atoms with E-state index in [1.165, 1.54) is 25.0 Å². The first-order chi connectivity index (χ1) is 13.1. The molecule has 2 aliphatic heterocycles. The second-order valence-electron chi connectivity index (χ2n) is 6.78. The van der Waals surface area contributed by atoms with E-state index in [0.717, 1.165) is 25.2 Å². The second-order valence-corrected chi connectivity index (χ2v) is 8.46. The molecule has 2 aromatic rings. The van der Waals surface area contributed by atoms with E-state index in [2.05, 4.69) is 21.5 Å². The number of anilines is 2. The van der Waals surface area contributed by atoms with Gasteiger partial charge in [-0.2, -0.15) is 0 Å². The SMILES string of the molecule is CCC1CCCCN1c1ccc(NS(=O)(=O)c2ccc3c(c2)OCO3)cn1. The Kier molecular flexibility index (Phi) is 4.82. The van der Waals surface area contributed by atoms with Gasteiger partial charge in [-0.05, 0) is 49.9 Å². The third-order valence-corrected chi connectivity index (χ3v) is 6.43. The fourth-order valence-corrected chi connectivity index (χ4v) is 4.66. The molecule has 3 heterocycles. The average molecular weight is 389 g/mol. The predicted molar refractivity (Wildman–Crippen MR) is 103 cm³/mol. The highest BCUT2D eigenvalue weighted by molar-refractivity contribution is 7.92. The van der Waals surface area contributed by atoms with E-state index < -0.39 is 10.0 Å². The third-order valence-electron chi connectivity index (χ3n) is 5.05. The molecule has 0 amide bonds. The first kappa shape index (κ1) is 17.9. The summed E-state index contributed by atoms with van der Waals surface area (Å²) in [5.74, 6) is 1.88. The molecule has 1 unspecified atom stereocenters. The number of ether oxygens (including phenoxy) is 2. The van der Waals surface area contributed by atoms with Crippen molar-refractivity contribution in [2.75, 3.05) is 23.0 Å². The molecule has 1 aromatic carbocycles. The van der Waals surface area contributed by atoms with Gasteiger partial charge in [0.15, 0.2) is 11.5 Å². The minimum Gasteiger partial charge on any atom is -0.454 e. The van der Waals surface area contributed by atoms with Gasteiger partial charge in [-0.1, -0.05) is 6.92 Å². The summed E-state index contributed by atoms with van der Waals surface area (Å²) in [6.45, 7) is 3.29. The summed E-state index contributed by atoms with van der Waals surface area (Å²) in [4.78, 5) is 6.93. The number of pyridine rings is 1. The van der Waals surface area contributed by atoms with Gasteiger partial charge in [0.05, 0.1) is 16.8 Å². The number of nitrogens with one attached hydrogen (secondary N) is 1. The molecular formula is C19H23N3O4S. The van der Waals surface area contributed by atoms with Gasteiger partial charge in [-0.25, -0.2) is 13.4 Å². The van der Waals surface area contributed by atoms with Gasteiger partial charge in [0.2, 0.25) is 6.79 Å². The molecule has 1 N–H and O–H groups in total. The van der Waals surface area contributed by atoms with Crippen molar-refractivity contribution >= 4 is 21.5 Å². The molecule has 0 bridgehead atoms. The summed E-state index contributed by atoms with van der Waals surface area (Å²) in [6.07, 6.45) is 6.25. The van der Waals surface area contributed by atoms with Crippen molar-refractivity contribution in [1.29, 1.82) is 0 Å². The van der Waals surface area contributed by atoms with Crippen LogP contribution in [-0.2, 0) is 10.0 Å². The van der Waals surface area contributed by atoms with E-state index in [1.807, 2.05) is 6.07 Å². The van der Waals surface area contributed by atoms with Crippen molar-refractivity contribution in [1.82, 2.24) is 4.98 Å². The van der Waals surface area contributed by atoms with Crippen LogP contribution in [0.3, 0.4) is 0 Å². The molecule has 1 saturated heterocycles. The van der Waals surface area contributed by atoms with Crippen LogP contribution in [0.1, 0.15) is 32.6 Å². The number of piperidine rings is 1. The Hall–Kier alpha value is -2.48. The van der Waals surface area contributed by atoms with Crippen molar-refractivity contribution < 1.29 is 17.9 Å². The van der Waals surface area contributed by atoms with Crippen molar-refractivity contribution in [3.8, 4) is 11.5 Å². The molecule has 4 rings (SSSR count). The van der Waals surface area contributed by atoms with Crippen LogP contribution in [-0.4, -0.2) is 32.8 Å². The maximum Gasteiger partial charge on any atom is 0.262 e. The van der Waals surface area contributed by atoms with Gasteiger partial charge < -0.3 is 14.4 Å². The Labute approximate surface area is 159 Å². The largest absolute Gasteiger partial charge is 0.454 e. The monoisotopic (exact) mass is 389 g/mol. The number of hydrogen-bond acceptors (Lipinski definition) is 6. The molecule has 0 aliphatic carbocycles. The maximum absolute atomic E-state index is 12.6. The molecule has 7 nitrogen and oxygen atoms in total. The fraction of sp³-hybridized carbons (Fsp3) is 0.421. The van der Waals surface area contributed by atoms with Crippen LogP contribution >= 0.6 is 0 Å². The molecule has 1 aromatic heterocycles. The zero-order valence-electron chi connectivity index (χ0n) is 15.2. The summed E-state index contributed by atoms with van der Waals surface area (Å²) < 4.78 is 38.3. The smallest absolute Gasteiger partial charge is 0.262 e. The van der Waals surface area contributed by atoms with E-state index >= 15 is 0 Å². The fourth-order valence-electron chi connectivity index (χ4n) is 3.60. The summed E-state index contributed by atoms with van der Waals surface area (Å²) >= 11 is 0. The van der Waals surface area contributed by atoms with Gasteiger partial charge in [-0.3, -0.25) is 4.72 Å². The number of nitrogens with zero attached hydrogens (tertiary/aromatic N) is 2. The highest BCUT2D eigenvalue weighted by Crippen LogP contribution is 2.34. The minimum atomic E-state index is -3.73. The highest BCUT2D eigenvalue weighted by atomic mass is 32.2.